The highest BCUT2D eigenvalue weighted by molar-refractivity contribution is 7.89. The second kappa shape index (κ2) is 8.59. The molecule has 1 atom stereocenters. The molecule has 0 spiro atoms. The molecule has 0 saturated carbocycles. The van der Waals surface area contributed by atoms with E-state index in [1.807, 2.05) is 20.8 Å². The first-order chi connectivity index (χ1) is 13.3. The zero-order chi connectivity index (χ0) is 20.3. The summed E-state index contributed by atoms with van der Waals surface area (Å²) in [6.45, 7) is 6.26. The van der Waals surface area contributed by atoms with Crippen molar-refractivity contribution >= 4 is 32.4 Å². The van der Waals surface area contributed by atoms with Crippen LogP contribution in [0.1, 0.15) is 32.3 Å². The van der Waals surface area contributed by atoms with Gasteiger partial charge in [-0.1, -0.05) is 0 Å². The minimum absolute atomic E-state index is 0.0142. The van der Waals surface area contributed by atoms with Crippen molar-refractivity contribution in [2.45, 2.75) is 44.6 Å². The molecule has 1 amide bonds. The van der Waals surface area contributed by atoms with Gasteiger partial charge in [0.15, 0.2) is 5.13 Å². The van der Waals surface area contributed by atoms with Crippen LogP contribution >= 0.6 is 11.3 Å². The third-order valence-corrected chi connectivity index (χ3v) is 7.11. The Labute approximate surface area is 169 Å². The largest absolute Gasteiger partial charge is 0.491 e. The van der Waals surface area contributed by atoms with E-state index in [0.717, 1.165) is 5.56 Å². The number of ether oxygens (including phenoxy) is 1. The molecule has 7 nitrogen and oxygen atoms in total. The molecule has 3 rings (SSSR count). The molecule has 0 radical (unpaired) electrons. The number of nitrogens with one attached hydrogen (secondary N) is 1. The predicted molar refractivity (Wildman–Crippen MR) is 109 cm³/mol. The molecule has 2 heterocycles. The van der Waals surface area contributed by atoms with E-state index in [9.17, 15) is 13.2 Å². The lowest BCUT2D eigenvalue weighted by Crippen LogP contribution is -2.43. The van der Waals surface area contributed by atoms with Gasteiger partial charge in [-0.3, -0.25) is 4.79 Å². The zero-order valence-corrected chi connectivity index (χ0v) is 17.8. The van der Waals surface area contributed by atoms with Gasteiger partial charge in [-0.05, 0) is 57.4 Å². The first kappa shape index (κ1) is 20.8. The van der Waals surface area contributed by atoms with Gasteiger partial charge in [-0.25, -0.2) is 13.4 Å². The number of nitrogens with zero attached hydrogens (tertiary/aromatic N) is 2. The quantitative estimate of drug-likeness (QED) is 0.770. The normalized spacial score (nSPS) is 18.2. The highest BCUT2D eigenvalue weighted by Gasteiger charge is 2.33. The number of amides is 1. The van der Waals surface area contributed by atoms with Gasteiger partial charge in [0.25, 0.3) is 0 Å². The van der Waals surface area contributed by atoms with E-state index in [-0.39, 0.29) is 23.5 Å². The van der Waals surface area contributed by atoms with Crippen LogP contribution in [-0.4, -0.2) is 42.8 Å². The van der Waals surface area contributed by atoms with Crippen LogP contribution in [0, 0.1) is 12.8 Å². The Hall–Kier alpha value is -1.97. The molecule has 2 aromatic rings. The van der Waals surface area contributed by atoms with Gasteiger partial charge in [-0.2, -0.15) is 4.31 Å². The number of hydrogen-bond donors (Lipinski definition) is 1. The summed E-state index contributed by atoms with van der Waals surface area (Å²) in [5.74, 6) is 0.0945. The molecule has 9 heteroatoms. The number of thiazole rings is 1. The Bertz CT molecular complexity index is 927. The molecule has 1 saturated heterocycles. The van der Waals surface area contributed by atoms with Crippen LogP contribution in [-0.2, 0) is 14.8 Å². The van der Waals surface area contributed by atoms with Crippen LogP contribution < -0.4 is 10.1 Å². The Morgan fingerprint density at radius 3 is 2.82 bits per heavy atom. The molecule has 1 aliphatic heterocycles. The number of anilines is 1. The second-order valence-electron chi connectivity index (χ2n) is 7.12. The van der Waals surface area contributed by atoms with Crippen molar-refractivity contribution < 1.29 is 17.9 Å². The summed E-state index contributed by atoms with van der Waals surface area (Å²) >= 11 is 1.34. The molecule has 152 valence electrons. The van der Waals surface area contributed by atoms with Crippen LogP contribution in [0.15, 0.2) is 34.7 Å². The lowest BCUT2D eigenvalue weighted by atomic mass is 9.99. The average molecular weight is 424 g/mol. The maximum Gasteiger partial charge on any atom is 0.243 e. The molecule has 1 N–H and O–H groups in total. The maximum absolute atomic E-state index is 13.1. The van der Waals surface area contributed by atoms with Crippen molar-refractivity contribution in [1.82, 2.24) is 9.29 Å². The molecule has 1 aromatic carbocycles. The third kappa shape index (κ3) is 4.71. The SMILES string of the molecule is Cc1cc(S(=O)(=O)N2CCCC(C(=O)Nc3nccs3)C2)ccc1OC(C)C. The van der Waals surface area contributed by atoms with E-state index in [0.29, 0.717) is 30.3 Å². The van der Waals surface area contributed by atoms with Crippen LogP contribution in [0.25, 0.3) is 0 Å². The third-order valence-electron chi connectivity index (χ3n) is 4.56. The van der Waals surface area contributed by atoms with Gasteiger partial charge in [0, 0.05) is 24.7 Å². The maximum atomic E-state index is 13.1. The minimum Gasteiger partial charge on any atom is -0.491 e. The highest BCUT2D eigenvalue weighted by Crippen LogP contribution is 2.28. The number of aryl methyl sites for hydroxylation is 1. The fourth-order valence-corrected chi connectivity index (χ4v) is 5.33. The van der Waals surface area contributed by atoms with E-state index >= 15 is 0 Å². The minimum atomic E-state index is -3.67. The topological polar surface area (TPSA) is 88.6 Å². The number of carbonyl (C=O) groups excluding carboxylic acids is 1. The summed E-state index contributed by atoms with van der Waals surface area (Å²) in [5, 5.41) is 5.08. The molecule has 28 heavy (non-hydrogen) atoms. The van der Waals surface area contributed by atoms with Crippen molar-refractivity contribution in [3.63, 3.8) is 0 Å². The molecular weight excluding hydrogens is 398 g/mol. The van der Waals surface area contributed by atoms with Gasteiger partial charge in [-0.15, -0.1) is 11.3 Å². The molecule has 1 unspecified atom stereocenters. The smallest absolute Gasteiger partial charge is 0.243 e. The van der Waals surface area contributed by atoms with Crippen LogP contribution in [0.5, 0.6) is 5.75 Å². The number of benzene rings is 1. The van der Waals surface area contributed by atoms with E-state index < -0.39 is 15.9 Å². The molecule has 1 aromatic heterocycles. The zero-order valence-electron chi connectivity index (χ0n) is 16.2. The first-order valence-electron chi connectivity index (χ1n) is 9.25. The number of rotatable bonds is 6. The number of piperidine rings is 1. The van der Waals surface area contributed by atoms with Crippen molar-refractivity contribution in [2.75, 3.05) is 18.4 Å². The summed E-state index contributed by atoms with van der Waals surface area (Å²) in [6, 6.07) is 4.89. The number of sulfonamides is 1. The van der Waals surface area contributed by atoms with Crippen molar-refractivity contribution in [2.24, 2.45) is 5.92 Å². The van der Waals surface area contributed by atoms with Gasteiger partial charge >= 0.3 is 0 Å². The van der Waals surface area contributed by atoms with Crippen LogP contribution in [0.4, 0.5) is 5.13 Å². The number of carbonyl (C=O) groups is 1. The summed E-state index contributed by atoms with van der Waals surface area (Å²) < 4.78 is 33.3. The van der Waals surface area contributed by atoms with E-state index in [1.54, 1.807) is 29.8 Å². The first-order valence-corrected chi connectivity index (χ1v) is 11.6. The lowest BCUT2D eigenvalue weighted by Gasteiger charge is -2.31. The van der Waals surface area contributed by atoms with Crippen LogP contribution in [0.3, 0.4) is 0 Å². The van der Waals surface area contributed by atoms with Gasteiger partial charge in [0.1, 0.15) is 5.75 Å². The van der Waals surface area contributed by atoms with E-state index in [4.69, 9.17) is 4.74 Å². The predicted octanol–water partition coefficient (Wildman–Crippen LogP) is 3.28. The summed E-state index contributed by atoms with van der Waals surface area (Å²) in [4.78, 5) is 16.8. The van der Waals surface area contributed by atoms with E-state index in [1.165, 1.54) is 15.6 Å². The lowest BCUT2D eigenvalue weighted by molar-refractivity contribution is -0.120. The van der Waals surface area contributed by atoms with Crippen molar-refractivity contribution in [3.8, 4) is 5.75 Å². The number of aromatic nitrogens is 1. The highest BCUT2D eigenvalue weighted by atomic mass is 32.2. The Kier molecular flexibility index (Phi) is 6.36. The summed E-state index contributed by atoms with van der Waals surface area (Å²) in [5.41, 5.74) is 0.768. The van der Waals surface area contributed by atoms with Gasteiger partial charge in [0.2, 0.25) is 15.9 Å². The molecule has 0 bridgehead atoms. The van der Waals surface area contributed by atoms with Gasteiger partial charge in [0.05, 0.1) is 16.9 Å². The Morgan fingerprint density at radius 1 is 1.39 bits per heavy atom. The standard InChI is InChI=1S/C19H25N3O4S2/c1-13(2)26-17-7-6-16(11-14(17)3)28(24,25)22-9-4-5-15(12-22)18(23)21-19-20-8-10-27-19/h6-8,10-11,13,15H,4-5,9,12H2,1-3H3,(H,20,21,23). The summed E-state index contributed by atoms with van der Waals surface area (Å²) in [6.07, 6.45) is 2.93. The van der Waals surface area contributed by atoms with Gasteiger partial charge < -0.3 is 10.1 Å². The van der Waals surface area contributed by atoms with Crippen LogP contribution in [0.2, 0.25) is 0 Å². The number of hydrogen-bond acceptors (Lipinski definition) is 6. The monoisotopic (exact) mass is 423 g/mol. The molecule has 1 aliphatic rings. The fourth-order valence-electron chi connectivity index (χ4n) is 3.18. The molecular formula is C19H25N3O4S2. The fraction of sp³-hybridized carbons (Fsp3) is 0.474. The summed E-state index contributed by atoms with van der Waals surface area (Å²) in [7, 11) is -3.67. The Balaban J connectivity index is 1.74. The average Bonchev–Trinajstić information content (AvgIpc) is 3.16. The van der Waals surface area contributed by atoms with Crippen molar-refractivity contribution in [3.05, 3.63) is 35.3 Å². The second-order valence-corrected chi connectivity index (χ2v) is 9.96. The molecule has 0 aliphatic carbocycles. The molecule has 1 fully saturated rings. The van der Waals surface area contributed by atoms with Crippen molar-refractivity contribution in [1.29, 1.82) is 0 Å². The van der Waals surface area contributed by atoms with E-state index in [2.05, 4.69) is 10.3 Å². The Morgan fingerprint density at radius 2 is 2.18 bits per heavy atom.